The highest BCUT2D eigenvalue weighted by Gasteiger charge is 2.11. The maximum atomic E-state index is 11.8. The Kier molecular flexibility index (Phi) is 23.5. The smallest absolute Gasteiger partial charge is 0.305 e. The number of hydrogen-bond donors (Lipinski definition) is 1. The van der Waals surface area contributed by atoms with Gasteiger partial charge in [-0.15, -0.1) is 0 Å². The van der Waals surface area contributed by atoms with Gasteiger partial charge in [0, 0.05) is 32.2 Å². The highest BCUT2D eigenvalue weighted by atomic mass is 16.7. The minimum Gasteiger partial charge on any atom is -0.465 e. The fraction of sp³-hybridized carbons (Fsp3) is 0.923. The number of ether oxygens (including phenoxy) is 3. The Morgan fingerprint density at radius 2 is 1.29 bits per heavy atom. The molecule has 0 aliphatic carbocycles. The summed E-state index contributed by atoms with van der Waals surface area (Å²) in [5, 5.41) is 8.93. The number of esters is 1. The maximum absolute atomic E-state index is 11.8. The molecule has 0 saturated heterocycles. The van der Waals surface area contributed by atoms with E-state index in [2.05, 4.69) is 20.8 Å². The van der Waals surface area contributed by atoms with Gasteiger partial charge in [-0.3, -0.25) is 4.79 Å². The first-order valence-electron chi connectivity index (χ1n) is 13.0. The molecule has 0 aliphatic heterocycles. The molecule has 1 unspecified atom stereocenters. The van der Waals surface area contributed by atoms with E-state index in [4.69, 9.17) is 19.3 Å². The second kappa shape index (κ2) is 24.0. The van der Waals surface area contributed by atoms with Crippen LogP contribution in [-0.4, -0.2) is 43.8 Å². The predicted octanol–water partition coefficient (Wildman–Crippen LogP) is 6.61. The molecule has 5 nitrogen and oxygen atoms in total. The fourth-order valence-electron chi connectivity index (χ4n) is 3.33. The third-order valence-electron chi connectivity index (χ3n) is 5.41. The number of aliphatic hydroxyl groups is 1. The van der Waals surface area contributed by atoms with Crippen molar-refractivity contribution < 1.29 is 24.1 Å². The van der Waals surface area contributed by atoms with Crippen molar-refractivity contribution in [1.29, 1.82) is 0 Å². The van der Waals surface area contributed by atoms with Gasteiger partial charge in [0.25, 0.3) is 0 Å². The Labute approximate surface area is 192 Å². The Hall–Kier alpha value is -0.650. The van der Waals surface area contributed by atoms with Crippen molar-refractivity contribution in [1.82, 2.24) is 0 Å². The van der Waals surface area contributed by atoms with Crippen molar-refractivity contribution >= 4 is 5.97 Å². The van der Waals surface area contributed by atoms with E-state index in [1.165, 1.54) is 64.2 Å². The van der Waals surface area contributed by atoms with Crippen molar-refractivity contribution in [3.8, 4) is 0 Å². The molecule has 1 radical (unpaired) electrons. The van der Waals surface area contributed by atoms with Crippen LogP contribution in [0.1, 0.15) is 117 Å². The van der Waals surface area contributed by atoms with Crippen LogP contribution in [0.2, 0.25) is 0 Å². The van der Waals surface area contributed by atoms with Gasteiger partial charge in [-0.1, -0.05) is 78.1 Å². The second-order valence-corrected chi connectivity index (χ2v) is 8.68. The lowest BCUT2D eigenvalue weighted by Crippen LogP contribution is -2.19. The van der Waals surface area contributed by atoms with Crippen molar-refractivity contribution in [3.05, 3.63) is 6.92 Å². The summed E-state index contributed by atoms with van der Waals surface area (Å²) >= 11 is 0. The fourth-order valence-corrected chi connectivity index (χ4v) is 3.33. The highest BCUT2D eigenvalue weighted by Crippen LogP contribution is 2.13. The molecule has 0 spiro atoms. The van der Waals surface area contributed by atoms with Gasteiger partial charge >= 0.3 is 5.97 Å². The summed E-state index contributed by atoms with van der Waals surface area (Å²) in [7, 11) is 0. The molecule has 0 heterocycles. The number of rotatable bonds is 24. The van der Waals surface area contributed by atoms with Crippen molar-refractivity contribution in [2.24, 2.45) is 5.92 Å². The highest BCUT2D eigenvalue weighted by molar-refractivity contribution is 5.69. The molecule has 0 saturated carbocycles. The van der Waals surface area contributed by atoms with E-state index < -0.39 is 0 Å². The minimum absolute atomic E-state index is 0.0686. The second-order valence-electron chi connectivity index (χ2n) is 8.68. The summed E-state index contributed by atoms with van der Waals surface area (Å²) in [5.74, 6) is -0.473. The van der Waals surface area contributed by atoms with E-state index in [1.54, 1.807) is 0 Å². The SMILES string of the molecule is [CH2]C(CO)COC(=O)CCCCC(OCCCCCCCC)OCCCCCCCC. The Morgan fingerprint density at radius 3 is 1.81 bits per heavy atom. The molecule has 5 heteroatoms. The Balaban J connectivity index is 4.00. The lowest BCUT2D eigenvalue weighted by molar-refractivity contribution is -0.150. The summed E-state index contributed by atoms with van der Waals surface area (Å²) in [5.41, 5.74) is 0. The molecule has 0 aromatic heterocycles. The van der Waals surface area contributed by atoms with Crippen LogP contribution in [-0.2, 0) is 19.0 Å². The normalized spacial score (nSPS) is 12.4. The molecule has 0 aromatic rings. The number of carbonyl (C=O) groups is 1. The molecule has 0 aliphatic rings. The molecule has 1 N–H and O–H groups in total. The van der Waals surface area contributed by atoms with E-state index >= 15 is 0 Å². The Morgan fingerprint density at radius 1 is 0.774 bits per heavy atom. The number of carbonyl (C=O) groups excluding carboxylic acids is 1. The molecule has 0 fully saturated rings. The van der Waals surface area contributed by atoms with Gasteiger partial charge in [-0.2, -0.15) is 0 Å². The predicted molar refractivity (Wildman–Crippen MR) is 128 cm³/mol. The topological polar surface area (TPSA) is 65.0 Å². The van der Waals surface area contributed by atoms with Gasteiger partial charge < -0.3 is 19.3 Å². The number of aliphatic hydroxyl groups excluding tert-OH is 1. The molecular formula is C26H51O5. The zero-order valence-electron chi connectivity index (χ0n) is 20.6. The number of unbranched alkanes of at least 4 members (excludes halogenated alkanes) is 11. The third-order valence-corrected chi connectivity index (χ3v) is 5.41. The first-order chi connectivity index (χ1) is 15.1. The van der Waals surface area contributed by atoms with E-state index in [-0.39, 0.29) is 31.4 Å². The molecule has 0 bridgehead atoms. The van der Waals surface area contributed by atoms with Gasteiger partial charge in [0.15, 0.2) is 6.29 Å². The van der Waals surface area contributed by atoms with Gasteiger partial charge in [-0.05, 0) is 39.0 Å². The van der Waals surface area contributed by atoms with Crippen molar-refractivity contribution in [2.75, 3.05) is 26.4 Å². The molecule has 0 rings (SSSR count). The lowest BCUT2D eigenvalue weighted by atomic mass is 10.1. The average Bonchev–Trinajstić information content (AvgIpc) is 2.78. The zero-order chi connectivity index (χ0) is 23.0. The lowest BCUT2D eigenvalue weighted by Gasteiger charge is -2.19. The largest absolute Gasteiger partial charge is 0.465 e. The Bertz CT molecular complexity index is 357. The van der Waals surface area contributed by atoms with Crippen LogP contribution < -0.4 is 0 Å². The van der Waals surface area contributed by atoms with Crippen LogP contribution in [0, 0.1) is 12.8 Å². The molecule has 185 valence electrons. The van der Waals surface area contributed by atoms with Crippen LogP contribution in [0.25, 0.3) is 0 Å². The molecule has 0 aromatic carbocycles. The number of hydrogen-bond acceptors (Lipinski definition) is 5. The van der Waals surface area contributed by atoms with Crippen LogP contribution in [0.3, 0.4) is 0 Å². The standard InChI is InChI=1S/C26H51O5/c1-4-6-8-10-12-16-20-29-26(30-21-17-13-11-9-7-5-2)19-15-14-18-25(28)31-23-24(3)22-27/h24,26-27H,3-23H2,1-2H3. The zero-order valence-corrected chi connectivity index (χ0v) is 20.6. The first kappa shape index (κ1) is 30.4. The minimum atomic E-state index is -0.251. The van der Waals surface area contributed by atoms with E-state index in [9.17, 15) is 4.79 Å². The molecular weight excluding hydrogens is 392 g/mol. The third kappa shape index (κ3) is 22.3. The van der Waals surface area contributed by atoms with Crippen LogP contribution in [0.15, 0.2) is 0 Å². The van der Waals surface area contributed by atoms with Gasteiger partial charge in [0.1, 0.15) is 0 Å². The average molecular weight is 444 g/mol. The molecule has 0 amide bonds. The van der Waals surface area contributed by atoms with Crippen LogP contribution in [0.4, 0.5) is 0 Å². The van der Waals surface area contributed by atoms with Crippen molar-refractivity contribution in [3.63, 3.8) is 0 Å². The van der Waals surface area contributed by atoms with Crippen LogP contribution in [0.5, 0.6) is 0 Å². The quantitative estimate of drug-likeness (QED) is 0.103. The van der Waals surface area contributed by atoms with Gasteiger partial charge in [-0.25, -0.2) is 0 Å². The maximum Gasteiger partial charge on any atom is 0.305 e. The molecule has 31 heavy (non-hydrogen) atoms. The molecule has 1 atom stereocenters. The first-order valence-corrected chi connectivity index (χ1v) is 13.0. The monoisotopic (exact) mass is 443 g/mol. The summed E-state index contributed by atoms with van der Waals surface area (Å²) in [6.45, 7) is 9.79. The summed E-state index contributed by atoms with van der Waals surface area (Å²) in [6, 6.07) is 0. The van der Waals surface area contributed by atoms with Gasteiger partial charge in [0.05, 0.1) is 6.61 Å². The van der Waals surface area contributed by atoms with Crippen molar-refractivity contribution in [2.45, 2.75) is 123 Å². The summed E-state index contributed by atoms with van der Waals surface area (Å²) in [6.07, 6.45) is 17.7. The summed E-state index contributed by atoms with van der Waals surface area (Å²) in [4.78, 5) is 11.8. The van der Waals surface area contributed by atoms with E-state index in [1.807, 2.05) is 0 Å². The van der Waals surface area contributed by atoms with Gasteiger partial charge in [0.2, 0.25) is 0 Å². The van der Waals surface area contributed by atoms with E-state index in [0.29, 0.717) is 6.42 Å². The summed E-state index contributed by atoms with van der Waals surface area (Å²) < 4.78 is 17.2. The van der Waals surface area contributed by atoms with E-state index in [0.717, 1.165) is 45.3 Å². The van der Waals surface area contributed by atoms with Crippen LogP contribution >= 0.6 is 0 Å².